The molecule has 0 amide bonds. The largest absolute Gasteiger partial charge is 0.244 e. The molecule has 0 spiro atoms. The first-order valence-corrected chi connectivity index (χ1v) is 20.1. The van der Waals surface area contributed by atoms with Crippen LogP contribution in [0, 0.1) is 61.5 Å². The molecule has 52 heavy (non-hydrogen) atoms. The van der Waals surface area contributed by atoms with E-state index in [1.54, 1.807) is 0 Å². The van der Waals surface area contributed by atoms with Gasteiger partial charge >= 0.3 is 0 Å². The molecule has 0 bridgehead atoms. The van der Waals surface area contributed by atoms with Crippen LogP contribution in [0.4, 0.5) is 0 Å². The van der Waals surface area contributed by atoms with Crippen molar-refractivity contribution in [2.75, 3.05) is 0 Å². The maximum Gasteiger partial charge on any atom is 0.244 e. The van der Waals surface area contributed by atoms with E-state index in [4.69, 9.17) is 46.4 Å². The predicted octanol–water partition coefficient (Wildman–Crippen LogP) is 9.09. The lowest BCUT2D eigenvalue weighted by atomic mass is 9.32. The van der Waals surface area contributed by atoms with E-state index >= 15 is 0 Å². The van der Waals surface area contributed by atoms with Crippen LogP contribution in [0.15, 0.2) is 78.9 Å². The highest BCUT2D eigenvalue weighted by Crippen LogP contribution is 2.21. The zero-order valence-corrected chi connectivity index (χ0v) is 34.5. The minimum atomic E-state index is -0.139. The minimum Gasteiger partial charge on any atom is -0.122 e. The molecule has 263 valence electrons. The molecule has 0 saturated heterocycles. The molecule has 0 saturated carbocycles. The summed E-state index contributed by atoms with van der Waals surface area (Å²) in [6, 6.07) is 33.1. The summed E-state index contributed by atoms with van der Waals surface area (Å²) >= 11 is 27.2. The topological polar surface area (TPSA) is 0 Å². The van der Waals surface area contributed by atoms with Crippen LogP contribution in [0.5, 0.6) is 0 Å². The fraction of sp³-hybridized carbons (Fsp3) is 0.261. The molecule has 6 aromatic carbocycles. The predicted molar refractivity (Wildman–Crippen MR) is 234 cm³/mol. The van der Waals surface area contributed by atoms with Crippen molar-refractivity contribution in [3.63, 3.8) is 0 Å². The third kappa shape index (κ3) is 7.35. The molecule has 0 unspecified atom stereocenters. The first-order chi connectivity index (χ1) is 24.9. The van der Waals surface area contributed by atoms with Gasteiger partial charge in [-0.25, -0.2) is 0 Å². The Balaban J connectivity index is 1.74. The molecule has 6 heteroatoms. The van der Waals surface area contributed by atoms with Gasteiger partial charge in [0.05, 0.1) is 0 Å². The van der Waals surface area contributed by atoms with E-state index in [2.05, 4.69) is 140 Å². The van der Waals surface area contributed by atoms with Crippen LogP contribution in [0.25, 0.3) is 10.8 Å². The highest BCUT2D eigenvalue weighted by molar-refractivity contribution is 6.99. The second kappa shape index (κ2) is 16.1. The van der Waals surface area contributed by atoms with E-state index in [0.717, 1.165) is 38.5 Å². The van der Waals surface area contributed by atoms with Gasteiger partial charge in [-0.3, -0.25) is 0 Å². The second-order valence-electron chi connectivity index (χ2n) is 14.8. The maximum atomic E-state index is 6.81. The van der Waals surface area contributed by atoms with Crippen molar-refractivity contribution in [3.8, 4) is 0 Å². The van der Waals surface area contributed by atoms with Gasteiger partial charge in [-0.1, -0.05) is 156 Å². The van der Waals surface area contributed by atoms with Crippen molar-refractivity contribution in [2.45, 2.75) is 78.9 Å². The number of fused-ring (bicyclic) bond motifs is 1. The van der Waals surface area contributed by atoms with Gasteiger partial charge in [0.25, 0.3) is 0 Å². The second-order valence-corrected chi connectivity index (χ2v) is 15.8. The van der Waals surface area contributed by atoms with Crippen molar-refractivity contribution in [1.29, 1.82) is 0 Å². The molecule has 0 atom stereocenters. The molecule has 0 aromatic heterocycles. The summed E-state index contributed by atoms with van der Waals surface area (Å²) in [6.45, 7) is 17.2. The van der Waals surface area contributed by atoms with Crippen molar-refractivity contribution in [1.82, 2.24) is 0 Å². The van der Waals surface area contributed by atoms with Crippen LogP contribution in [0.3, 0.4) is 0 Å². The summed E-state index contributed by atoms with van der Waals surface area (Å²) in [5, 5.41) is 2.32. The van der Waals surface area contributed by atoms with Gasteiger partial charge in [0.2, 0.25) is 13.4 Å². The number of hydrogen-bond acceptors (Lipinski definition) is 0. The monoisotopic (exact) mass is 759 g/mol. The smallest absolute Gasteiger partial charge is 0.122 e. The third-order valence-electron chi connectivity index (χ3n) is 10.7. The van der Waals surface area contributed by atoms with Crippen molar-refractivity contribution in [3.05, 3.63) is 152 Å². The summed E-state index contributed by atoms with van der Waals surface area (Å²) in [5.41, 5.74) is 21.5. The average molecular weight is 761 g/mol. The molecule has 0 aliphatic carbocycles. The maximum absolute atomic E-state index is 6.81. The number of hydrogen-bond donors (Lipinski definition) is 0. The Morgan fingerprint density at radius 3 is 1.17 bits per heavy atom. The van der Waals surface area contributed by atoms with Gasteiger partial charge in [-0.05, 0) is 94.5 Å². The molecule has 6 rings (SSSR count). The Bertz CT molecular complexity index is 2190. The highest BCUT2D eigenvalue weighted by Gasteiger charge is 2.33. The van der Waals surface area contributed by atoms with E-state index < -0.39 is 0 Å². The minimum absolute atomic E-state index is 0.0846. The fourth-order valence-electron chi connectivity index (χ4n) is 8.94. The van der Waals surface area contributed by atoms with E-state index in [-0.39, 0.29) is 13.4 Å². The van der Waals surface area contributed by atoms with Gasteiger partial charge in [-0.15, -0.1) is 46.4 Å². The van der Waals surface area contributed by atoms with Gasteiger partial charge in [0.1, 0.15) is 0 Å². The van der Waals surface area contributed by atoms with Crippen LogP contribution in [0.2, 0.25) is 0 Å². The Hall–Kier alpha value is -3.13. The quantitative estimate of drug-likeness (QED) is 0.0966. The summed E-state index contributed by atoms with van der Waals surface area (Å²) < 4.78 is 0. The van der Waals surface area contributed by atoms with Gasteiger partial charge in [0.15, 0.2) is 0 Å². The summed E-state index contributed by atoms with van der Waals surface area (Å²) in [7, 11) is 0. The van der Waals surface area contributed by atoms with Crippen LogP contribution in [-0.4, -0.2) is 13.4 Å². The molecule has 0 aliphatic rings. The number of alkyl halides is 4. The van der Waals surface area contributed by atoms with Gasteiger partial charge in [-0.2, -0.15) is 0 Å². The molecule has 6 aromatic rings. The van der Waals surface area contributed by atoms with Crippen LogP contribution < -0.4 is 32.8 Å². The Kier molecular flexibility index (Phi) is 11.9. The molecule has 0 fully saturated rings. The van der Waals surface area contributed by atoms with E-state index in [1.807, 2.05) is 0 Å². The number of rotatable bonds is 10. The molecular formula is C46H45B2Cl4. The van der Waals surface area contributed by atoms with E-state index in [1.165, 1.54) is 71.8 Å². The molecule has 0 aliphatic heterocycles. The van der Waals surface area contributed by atoms with Crippen molar-refractivity contribution >= 4 is 103 Å². The first-order valence-electron chi connectivity index (χ1n) is 18.0. The average Bonchev–Trinajstić information content (AvgIpc) is 3.10. The van der Waals surface area contributed by atoms with E-state index in [9.17, 15) is 0 Å². The highest BCUT2D eigenvalue weighted by atomic mass is 35.5. The number of benzene rings is 6. The molecule has 0 N–H and O–H groups in total. The lowest BCUT2D eigenvalue weighted by molar-refractivity contribution is 1.31. The van der Waals surface area contributed by atoms with Crippen molar-refractivity contribution < 1.29 is 0 Å². The van der Waals surface area contributed by atoms with Gasteiger partial charge in [0, 0.05) is 23.5 Å². The Labute approximate surface area is 332 Å². The first kappa shape index (κ1) is 38.6. The third-order valence-corrected chi connectivity index (χ3v) is 11.8. The van der Waals surface area contributed by atoms with Crippen LogP contribution in [-0.2, 0) is 23.5 Å². The summed E-state index contributed by atoms with van der Waals surface area (Å²) in [6.07, 6.45) is 0. The van der Waals surface area contributed by atoms with E-state index in [0.29, 0.717) is 23.5 Å². The Morgan fingerprint density at radius 1 is 0.442 bits per heavy atom. The standard InChI is InChI=1S/C46H45B2Cl4/c1-27-14-31(5)43(36(18-27)23-49)47(44-32(6)15-28(2)19-37(44)24-50)40-13-12-35-10-9-11-42(41(35)22-40)48(45-33(7)16-29(3)20-38(45)25-51)46-34(8)17-30(4)21-39(46)26-52/h9-10,12-22H,23-26H2,1-8H3. The zero-order chi connectivity index (χ0) is 37.4. The summed E-state index contributed by atoms with van der Waals surface area (Å²) in [4.78, 5) is 0. The van der Waals surface area contributed by atoms with Crippen molar-refractivity contribution in [2.24, 2.45) is 0 Å². The Morgan fingerprint density at radius 2 is 0.808 bits per heavy atom. The molecule has 1 radical (unpaired) electrons. The zero-order valence-electron chi connectivity index (χ0n) is 31.5. The number of halogens is 4. The molecule has 0 nitrogen and oxygen atoms in total. The molecule has 0 heterocycles. The fourth-order valence-corrected chi connectivity index (χ4v) is 9.83. The lowest BCUT2D eigenvalue weighted by Gasteiger charge is -2.27. The van der Waals surface area contributed by atoms with Gasteiger partial charge < -0.3 is 0 Å². The molecular weight excluding hydrogens is 716 g/mol. The number of aryl methyl sites for hydroxylation is 8. The van der Waals surface area contributed by atoms with Crippen LogP contribution in [0.1, 0.15) is 66.8 Å². The van der Waals surface area contributed by atoms with Crippen LogP contribution >= 0.6 is 46.4 Å². The SMILES string of the molecule is Cc1cc(C)c(B(c2ccc3cc[c]c(B(c4c(C)cc(C)cc4CCl)c4c(C)cc(C)cc4CCl)c3c2)c2c(C)cc(C)cc2CCl)c(CCl)c1. The lowest BCUT2D eigenvalue weighted by Crippen LogP contribution is -2.57. The normalized spacial score (nSPS) is 11.4. The summed E-state index contributed by atoms with van der Waals surface area (Å²) in [5.74, 6) is 1.67.